The maximum atomic E-state index is 5.30. The molecule has 62 valence electrons. The van der Waals surface area contributed by atoms with Gasteiger partial charge in [-0.2, -0.15) is 0 Å². The van der Waals surface area contributed by atoms with Crippen LogP contribution in [0.1, 0.15) is 12.8 Å². The van der Waals surface area contributed by atoms with E-state index >= 15 is 0 Å². The van der Waals surface area contributed by atoms with Crippen LogP contribution in [0, 0.1) is 5.92 Å². The average Bonchev–Trinajstić information content (AvgIpc) is 2.05. The van der Waals surface area contributed by atoms with Crippen molar-refractivity contribution in [3.63, 3.8) is 0 Å². The fourth-order valence-corrected chi connectivity index (χ4v) is 3.60. The van der Waals surface area contributed by atoms with E-state index in [1.54, 1.807) is 0 Å². The van der Waals surface area contributed by atoms with Crippen molar-refractivity contribution < 1.29 is 25.9 Å². The molecule has 0 amide bonds. The quantitative estimate of drug-likeness (QED) is 0.445. The Bertz CT molecular complexity index is 91.6. The maximum absolute atomic E-state index is 5.30. The molecular formula is C7H13I2O-. The van der Waals surface area contributed by atoms with Gasteiger partial charge in [0.15, 0.2) is 0 Å². The molecule has 1 nitrogen and oxygen atoms in total. The SMILES string of the molecule is C[I-]C(I)C1CCOCC1. The molecule has 1 rings (SSSR count). The average molecular weight is 367 g/mol. The molecule has 1 fully saturated rings. The van der Waals surface area contributed by atoms with Crippen LogP contribution in [0.25, 0.3) is 0 Å². The van der Waals surface area contributed by atoms with Gasteiger partial charge >= 0.3 is 87.4 Å². The van der Waals surface area contributed by atoms with Crippen molar-refractivity contribution in [1.29, 1.82) is 0 Å². The van der Waals surface area contributed by atoms with Gasteiger partial charge in [0.05, 0.1) is 0 Å². The molecule has 1 aliphatic rings. The van der Waals surface area contributed by atoms with Gasteiger partial charge in [0, 0.05) is 0 Å². The summed E-state index contributed by atoms with van der Waals surface area (Å²) in [7, 11) is 0. The van der Waals surface area contributed by atoms with Crippen molar-refractivity contribution in [3.8, 4) is 0 Å². The fourth-order valence-electron chi connectivity index (χ4n) is 1.15. The molecule has 1 heterocycles. The standard InChI is InChI=1S/C7H13I2O/c1-9-7(8)6-2-4-10-5-3-6/h6-7H,2-5H2,1H3/q-1. The van der Waals surface area contributed by atoms with Crippen molar-refractivity contribution in [3.05, 3.63) is 0 Å². The predicted octanol–water partition coefficient (Wildman–Crippen LogP) is -1.11. The van der Waals surface area contributed by atoms with E-state index in [0.717, 1.165) is 21.1 Å². The van der Waals surface area contributed by atoms with Crippen LogP contribution >= 0.6 is 22.6 Å². The van der Waals surface area contributed by atoms with Crippen LogP contribution in [0.15, 0.2) is 0 Å². The molecule has 0 aliphatic carbocycles. The molecular weight excluding hydrogens is 354 g/mol. The molecule has 0 saturated carbocycles. The topological polar surface area (TPSA) is 9.23 Å². The fraction of sp³-hybridized carbons (Fsp3) is 1.00. The molecule has 1 unspecified atom stereocenters. The zero-order valence-corrected chi connectivity index (χ0v) is 10.5. The van der Waals surface area contributed by atoms with E-state index in [2.05, 4.69) is 27.5 Å². The van der Waals surface area contributed by atoms with Gasteiger partial charge in [-0.25, -0.2) is 0 Å². The van der Waals surface area contributed by atoms with E-state index < -0.39 is 0 Å². The second kappa shape index (κ2) is 5.13. The van der Waals surface area contributed by atoms with Crippen LogP contribution in [0.4, 0.5) is 0 Å². The summed E-state index contributed by atoms with van der Waals surface area (Å²) >= 11 is 3.07. The summed E-state index contributed by atoms with van der Waals surface area (Å²) in [5.41, 5.74) is 0. The van der Waals surface area contributed by atoms with Gasteiger partial charge in [0.2, 0.25) is 0 Å². The van der Waals surface area contributed by atoms with Crippen molar-refractivity contribution in [1.82, 2.24) is 0 Å². The van der Waals surface area contributed by atoms with Gasteiger partial charge in [0.1, 0.15) is 0 Å². The molecule has 0 N–H and O–H groups in total. The number of rotatable bonds is 2. The number of halogens is 2. The van der Waals surface area contributed by atoms with Crippen LogP contribution < -0.4 is 21.2 Å². The van der Waals surface area contributed by atoms with E-state index in [1.165, 1.54) is 12.8 Å². The number of hydrogen-bond acceptors (Lipinski definition) is 1. The second-order valence-corrected chi connectivity index (χ2v) is 8.82. The first-order valence-electron chi connectivity index (χ1n) is 3.54. The molecule has 0 spiro atoms. The van der Waals surface area contributed by atoms with Gasteiger partial charge < -0.3 is 0 Å². The Morgan fingerprint density at radius 2 is 2.10 bits per heavy atom. The number of ether oxygens (including phenoxy) is 1. The molecule has 0 aromatic rings. The van der Waals surface area contributed by atoms with E-state index in [4.69, 9.17) is 4.74 Å². The van der Waals surface area contributed by atoms with Crippen LogP contribution in [0.3, 0.4) is 0 Å². The summed E-state index contributed by atoms with van der Waals surface area (Å²) in [5, 5.41) is 0. The molecule has 1 atom stereocenters. The molecule has 1 saturated heterocycles. The third-order valence-corrected chi connectivity index (χ3v) is 8.21. The van der Waals surface area contributed by atoms with Crippen molar-refractivity contribution >= 4 is 22.6 Å². The first-order valence-corrected chi connectivity index (χ1v) is 8.19. The van der Waals surface area contributed by atoms with E-state index in [1.807, 2.05) is 0 Å². The Labute approximate surface area is 86.7 Å². The van der Waals surface area contributed by atoms with Gasteiger partial charge in [-0.1, -0.05) is 0 Å². The Balaban J connectivity index is 2.24. The molecule has 10 heavy (non-hydrogen) atoms. The monoisotopic (exact) mass is 367 g/mol. The van der Waals surface area contributed by atoms with Crippen LogP contribution in [0.5, 0.6) is 0 Å². The Kier molecular flexibility index (Phi) is 4.88. The summed E-state index contributed by atoms with van der Waals surface area (Å²) in [5.74, 6) is 0.979. The Morgan fingerprint density at radius 3 is 2.60 bits per heavy atom. The van der Waals surface area contributed by atoms with Gasteiger partial charge in [-0.3, -0.25) is 0 Å². The zero-order valence-electron chi connectivity index (χ0n) is 6.15. The molecule has 3 heteroatoms. The first kappa shape index (κ1) is 9.51. The molecule has 0 aromatic carbocycles. The summed E-state index contributed by atoms with van der Waals surface area (Å²) in [6, 6.07) is 0. The number of alkyl halides is 3. The van der Waals surface area contributed by atoms with Gasteiger partial charge in [-0.05, 0) is 0 Å². The number of hydrogen-bond donors (Lipinski definition) is 0. The summed E-state index contributed by atoms with van der Waals surface area (Å²) < 4.78 is 6.29. The van der Waals surface area contributed by atoms with Crippen molar-refractivity contribution in [2.45, 2.75) is 14.8 Å². The summed E-state index contributed by atoms with van der Waals surface area (Å²) in [6.45, 7) is 2.02. The normalized spacial score (nSPS) is 25.0. The third-order valence-electron chi connectivity index (χ3n) is 1.83. The van der Waals surface area contributed by atoms with Crippen LogP contribution in [-0.2, 0) is 4.74 Å². The van der Waals surface area contributed by atoms with Crippen LogP contribution in [-0.4, -0.2) is 20.1 Å². The molecule has 0 bridgehead atoms. The predicted molar refractivity (Wildman–Crippen MR) is 47.3 cm³/mol. The summed E-state index contributed by atoms with van der Waals surface area (Å²) in [6.07, 6.45) is 2.61. The third kappa shape index (κ3) is 2.81. The van der Waals surface area contributed by atoms with E-state index in [9.17, 15) is 0 Å². The second-order valence-electron chi connectivity index (χ2n) is 2.50. The Morgan fingerprint density at radius 1 is 1.50 bits per heavy atom. The van der Waals surface area contributed by atoms with Crippen molar-refractivity contribution in [2.75, 3.05) is 18.1 Å². The van der Waals surface area contributed by atoms with E-state index in [0.29, 0.717) is 21.2 Å². The Hall–Kier alpha value is 1.42. The molecule has 0 radical (unpaired) electrons. The first-order chi connectivity index (χ1) is 4.84. The van der Waals surface area contributed by atoms with Gasteiger partial charge in [-0.15, -0.1) is 0 Å². The van der Waals surface area contributed by atoms with Crippen molar-refractivity contribution in [2.24, 2.45) is 5.92 Å². The molecule has 1 aliphatic heterocycles. The summed E-state index contributed by atoms with van der Waals surface area (Å²) in [4.78, 5) is 2.38. The van der Waals surface area contributed by atoms with Crippen LogP contribution in [0.2, 0.25) is 0 Å². The zero-order chi connectivity index (χ0) is 7.40. The van der Waals surface area contributed by atoms with Gasteiger partial charge in [0.25, 0.3) is 0 Å². The minimum absolute atomic E-state index is 0.451. The van der Waals surface area contributed by atoms with E-state index in [-0.39, 0.29) is 0 Å². The minimum atomic E-state index is 0.451. The molecule has 0 aromatic heterocycles.